The van der Waals surface area contributed by atoms with Crippen molar-refractivity contribution in [1.29, 1.82) is 0 Å². The van der Waals surface area contributed by atoms with Crippen molar-refractivity contribution in [1.82, 2.24) is 5.32 Å². The number of rotatable bonds is 5. The van der Waals surface area contributed by atoms with Crippen LogP contribution in [-0.2, 0) is 4.79 Å². The first-order chi connectivity index (χ1) is 8.04. The predicted molar refractivity (Wildman–Crippen MR) is 73.6 cm³/mol. The summed E-state index contributed by atoms with van der Waals surface area (Å²) in [5, 5.41) is 2.95. The minimum absolute atomic E-state index is 0.00241. The molecule has 4 heteroatoms. The zero-order chi connectivity index (χ0) is 12.8. The van der Waals surface area contributed by atoms with E-state index in [1.54, 1.807) is 0 Å². The largest absolute Gasteiger partial charge is 0.349 e. The fourth-order valence-corrected chi connectivity index (χ4v) is 2.22. The van der Waals surface area contributed by atoms with Gasteiger partial charge in [0, 0.05) is 16.9 Å². The van der Waals surface area contributed by atoms with Crippen molar-refractivity contribution >= 4 is 21.8 Å². The van der Waals surface area contributed by atoms with Crippen LogP contribution in [0.5, 0.6) is 0 Å². The average molecular weight is 299 g/mol. The SMILES string of the molecule is CCC(N)CC(=O)N[C@@H](C)c1ccccc1Br. The molecule has 0 aliphatic carbocycles. The highest BCUT2D eigenvalue weighted by atomic mass is 79.9. The van der Waals surface area contributed by atoms with E-state index in [4.69, 9.17) is 5.73 Å². The molecule has 1 aromatic rings. The van der Waals surface area contributed by atoms with Gasteiger partial charge in [0.2, 0.25) is 5.91 Å². The van der Waals surface area contributed by atoms with Crippen LogP contribution in [0.3, 0.4) is 0 Å². The van der Waals surface area contributed by atoms with E-state index >= 15 is 0 Å². The third kappa shape index (κ3) is 4.48. The number of carbonyl (C=O) groups excluding carboxylic acids is 1. The van der Waals surface area contributed by atoms with E-state index in [1.165, 1.54) is 0 Å². The maximum absolute atomic E-state index is 11.7. The lowest BCUT2D eigenvalue weighted by Gasteiger charge is -2.17. The first-order valence-electron chi connectivity index (χ1n) is 5.84. The number of hydrogen-bond acceptors (Lipinski definition) is 2. The molecule has 0 spiro atoms. The van der Waals surface area contributed by atoms with Crippen molar-refractivity contribution in [3.63, 3.8) is 0 Å². The number of amides is 1. The highest BCUT2D eigenvalue weighted by Gasteiger charge is 2.13. The Labute approximate surface area is 111 Å². The van der Waals surface area contributed by atoms with Crippen LogP contribution in [0, 0.1) is 0 Å². The highest BCUT2D eigenvalue weighted by Crippen LogP contribution is 2.22. The maximum atomic E-state index is 11.7. The molecule has 0 aliphatic rings. The molecular weight excluding hydrogens is 280 g/mol. The van der Waals surface area contributed by atoms with Gasteiger partial charge >= 0.3 is 0 Å². The van der Waals surface area contributed by atoms with Crippen molar-refractivity contribution in [3.8, 4) is 0 Å². The predicted octanol–water partition coefficient (Wildman–Crippen LogP) is 2.75. The quantitative estimate of drug-likeness (QED) is 0.878. The number of carbonyl (C=O) groups is 1. The summed E-state index contributed by atoms with van der Waals surface area (Å²) in [6.45, 7) is 3.95. The Bertz CT molecular complexity index is 381. The summed E-state index contributed by atoms with van der Waals surface area (Å²) in [5.41, 5.74) is 6.82. The molecule has 0 aliphatic heterocycles. The molecule has 0 fully saturated rings. The molecule has 0 saturated heterocycles. The van der Waals surface area contributed by atoms with Crippen molar-refractivity contribution in [3.05, 3.63) is 34.3 Å². The van der Waals surface area contributed by atoms with Gasteiger partial charge in [-0.25, -0.2) is 0 Å². The van der Waals surface area contributed by atoms with E-state index in [0.29, 0.717) is 6.42 Å². The fourth-order valence-electron chi connectivity index (χ4n) is 1.59. The number of benzene rings is 1. The molecule has 1 amide bonds. The Morgan fingerprint density at radius 3 is 2.71 bits per heavy atom. The first kappa shape index (κ1) is 14.2. The lowest BCUT2D eigenvalue weighted by Crippen LogP contribution is -2.32. The number of nitrogens with two attached hydrogens (primary N) is 1. The van der Waals surface area contributed by atoms with Gasteiger partial charge in [-0.3, -0.25) is 4.79 Å². The van der Waals surface area contributed by atoms with Gasteiger partial charge < -0.3 is 11.1 Å². The third-order valence-electron chi connectivity index (χ3n) is 2.72. The normalized spacial score (nSPS) is 14.1. The van der Waals surface area contributed by atoms with Crippen molar-refractivity contribution < 1.29 is 4.79 Å². The van der Waals surface area contributed by atoms with Crippen LogP contribution in [0.25, 0.3) is 0 Å². The van der Waals surface area contributed by atoms with Gasteiger partial charge in [0.25, 0.3) is 0 Å². The molecule has 17 heavy (non-hydrogen) atoms. The molecule has 2 atom stereocenters. The summed E-state index contributed by atoms with van der Waals surface area (Å²) < 4.78 is 1.01. The van der Waals surface area contributed by atoms with Gasteiger partial charge in [-0.1, -0.05) is 41.1 Å². The van der Waals surface area contributed by atoms with Crippen LogP contribution in [0.2, 0.25) is 0 Å². The van der Waals surface area contributed by atoms with E-state index in [0.717, 1.165) is 16.5 Å². The lowest BCUT2D eigenvalue weighted by molar-refractivity contribution is -0.122. The second-order valence-electron chi connectivity index (χ2n) is 4.18. The Morgan fingerprint density at radius 2 is 2.12 bits per heavy atom. The molecule has 0 bridgehead atoms. The second kappa shape index (κ2) is 6.77. The van der Waals surface area contributed by atoms with Crippen LogP contribution < -0.4 is 11.1 Å². The molecule has 0 saturated carbocycles. The second-order valence-corrected chi connectivity index (χ2v) is 5.04. The van der Waals surface area contributed by atoms with Crippen LogP contribution in [0.15, 0.2) is 28.7 Å². The number of halogens is 1. The van der Waals surface area contributed by atoms with Crippen molar-refractivity contribution in [2.24, 2.45) is 5.73 Å². The van der Waals surface area contributed by atoms with E-state index in [9.17, 15) is 4.79 Å². The lowest BCUT2D eigenvalue weighted by atomic mass is 10.1. The third-order valence-corrected chi connectivity index (χ3v) is 3.44. The molecule has 3 N–H and O–H groups in total. The summed E-state index contributed by atoms with van der Waals surface area (Å²) >= 11 is 3.48. The Hall–Kier alpha value is -0.870. The Kier molecular flexibility index (Phi) is 5.65. The number of hydrogen-bond donors (Lipinski definition) is 2. The van der Waals surface area contributed by atoms with Gasteiger partial charge in [-0.2, -0.15) is 0 Å². The summed E-state index contributed by atoms with van der Waals surface area (Å²) in [6.07, 6.45) is 1.20. The van der Waals surface area contributed by atoms with E-state index in [-0.39, 0.29) is 18.0 Å². The van der Waals surface area contributed by atoms with Gasteiger partial charge in [-0.15, -0.1) is 0 Å². The highest BCUT2D eigenvalue weighted by molar-refractivity contribution is 9.10. The van der Waals surface area contributed by atoms with Crippen LogP contribution in [0.4, 0.5) is 0 Å². The first-order valence-corrected chi connectivity index (χ1v) is 6.63. The van der Waals surface area contributed by atoms with Gasteiger partial charge in [-0.05, 0) is 25.0 Å². The maximum Gasteiger partial charge on any atom is 0.222 e. The minimum atomic E-state index is -0.0542. The average Bonchev–Trinajstić information content (AvgIpc) is 2.29. The van der Waals surface area contributed by atoms with E-state index in [1.807, 2.05) is 38.1 Å². The summed E-state index contributed by atoms with van der Waals surface area (Å²) in [7, 11) is 0. The van der Waals surface area contributed by atoms with Crippen LogP contribution in [0.1, 0.15) is 38.3 Å². The molecule has 1 rings (SSSR count). The van der Waals surface area contributed by atoms with Gasteiger partial charge in [0.05, 0.1) is 6.04 Å². The van der Waals surface area contributed by atoms with Crippen LogP contribution in [-0.4, -0.2) is 11.9 Å². The van der Waals surface area contributed by atoms with Crippen molar-refractivity contribution in [2.45, 2.75) is 38.8 Å². The summed E-state index contributed by atoms with van der Waals surface area (Å²) in [4.78, 5) is 11.7. The summed E-state index contributed by atoms with van der Waals surface area (Å²) in [6, 6.07) is 7.81. The zero-order valence-electron chi connectivity index (χ0n) is 10.2. The molecule has 3 nitrogen and oxygen atoms in total. The topological polar surface area (TPSA) is 55.1 Å². The molecule has 0 aromatic heterocycles. The van der Waals surface area contributed by atoms with Crippen molar-refractivity contribution in [2.75, 3.05) is 0 Å². The number of nitrogens with one attached hydrogen (secondary N) is 1. The Balaban J connectivity index is 2.58. The molecule has 1 unspecified atom stereocenters. The van der Waals surface area contributed by atoms with E-state index in [2.05, 4.69) is 21.2 Å². The van der Waals surface area contributed by atoms with Gasteiger partial charge in [0.1, 0.15) is 0 Å². The standard InChI is InChI=1S/C13H19BrN2O/c1-3-10(15)8-13(17)16-9(2)11-6-4-5-7-12(11)14/h4-7,9-10H,3,8,15H2,1-2H3,(H,16,17)/t9-,10?/m0/s1. The molecule has 94 valence electrons. The van der Waals surface area contributed by atoms with Gasteiger partial charge in [0.15, 0.2) is 0 Å². The molecule has 1 aromatic carbocycles. The summed E-state index contributed by atoms with van der Waals surface area (Å²) in [5.74, 6) is 0.00241. The minimum Gasteiger partial charge on any atom is -0.349 e. The van der Waals surface area contributed by atoms with E-state index < -0.39 is 0 Å². The molecule has 0 heterocycles. The molecular formula is C13H19BrN2O. The smallest absolute Gasteiger partial charge is 0.222 e. The van der Waals surface area contributed by atoms with Crippen LogP contribution >= 0.6 is 15.9 Å². The Morgan fingerprint density at radius 1 is 1.47 bits per heavy atom. The monoisotopic (exact) mass is 298 g/mol. The molecule has 0 radical (unpaired) electrons. The zero-order valence-corrected chi connectivity index (χ0v) is 11.8. The fraction of sp³-hybridized carbons (Fsp3) is 0.462.